The van der Waals surface area contributed by atoms with Gasteiger partial charge in [0.1, 0.15) is 5.65 Å². The third-order valence-electron chi connectivity index (χ3n) is 6.41. The van der Waals surface area contributed by atoms with Gasteiger partial charge in [0.25, 0.3) is 0 Å². The maximum atomic E-state index is 14.6. The number of anilines is 1. The summed E-state index contributed by atoms with van der Waals surface area (Å²) in [4.78, 5) is 30.9. The molecule has 9 heteroatoms. The van der Waals surface area contributed by atoms with Crippen molar-refractivity contribution < 1.29 is 9.18 Å². The lowest BCUT2D eigenvalue weighted by molar-refractivity contribution is -0.134. The molecule has 0 spiro atoms. The Morgan fingerprint density at radius 1 is 1.20 bits per heavy atom. The highest BCUT2D eigenvalue weighted by molar-refractivity contribution is 6.31. The van der Waals surface area contributed by atoms with E-state index < -0.39 is 5.82 Å². The zero-order chi connectivity index (χ0) is 24.2. The van der Waals surface area contributed by atoms with Gasteiger partial charge in [-0.25, -0.2) is 19.3 Å². The van der Waals surface area contributed by atoms with Crippen LogP contribution in [-0.2, 0) is 11.2 Å². The molecular weight excluding hydrogens is 467 g/mol. The molecule has 4 aromatic rings. The van der Waals surface area contributed by atoms with Crippen LogP contribution in [0.1, 0.15) is 31.2 Å². The Morgan fingerprint density at radius 3 is 2.91 bits per heavy atom. The van der Waals surface area contributed by atoms with Crippen LogP contribution in [0.2, 0.25) is 5.02 Å². The predicted molar refractivity (Wildman–Crippen MR) is 135 cm³/mol. The number of aryl methyl sites for hydroxylation is 1. The van der Waals surface area contributed by atoms with Gasteiger partial charge in [-0.1, -0.05) is 41.9 Å². The average Bonchev–Trinajstić information content (AvgIpc) is 3.30. The van der Waals surface area contributed by atoms with Gasteiger partial charge in [0.15, 0.2) is 17.5 Å². The molecule has 1 aliphatic rings. The second kappa shape index (κ2) is 10.4. The van der Waals surface area contributed by atoms with Crippen LogP contribution in [-0.4, -0.2) is 49.9 Å². The van der Waals surface area contributed by atoms with Crippen molar-refractivity contribution in [2.24, 2.45) is 0 Å². The standard InChI is InChI=1S/C26H26ClFN6O/c27-18-12-20-21(15-31-24(20)29-13-18)25-32-16-22(28)26(33-25)30-14-19-8-4-5-11-34(19)23(35)10-9-17-6-2-1-3-7-17/h1-3,6-7,12-13,15-16,19H,4-5,8-11,14H2,(H,29,31)(H,30,32,33)/t19-/m1/s1. The third-order valence-corrected chi connectivity index (χ3v) is 6.61. The number of aromatic nitrogens is 4. The highest BCUT2D eigenvalue weighted by Gasteiger charge is 2.26. The van der Waals surface area contributed by atoms with Crippen LogP contribution in [0.25, 0.3) is 22.4 Å². The molecule has 0 unspecified atom stereocenters. The van der Waals surface area contributed by atoms with Gasteiger partial charge < -0.3 is 15.2 Å². The maximum Gasteiger partial charge on any atom is 0.223 e. The quantitative estimate of drug-likeness (QED) is 0.368. The number of amides is 1. The number of pyridine rings is 1. The smallest absolute Gasteiger partial charge is 0.223 e. The molecule has 1 atom stereocenters. The highest BCUT2D eigenvalue weighted by Crippen LogP contribution is 2.28. The molecule has 35 heavy (non-hydrogen) atoms. The van der Waals surface area contributed by atoms with E-state index in [1.165, 1.54) is 0 Å². The number of carbonyl (C=O) groups excluding carboxylic acids is 1. The summed E-state index contributed by atoms with van der Waals surface area (Å²) < 4.78 is 14.6. The normalized spacial score (nSPS) is 15.9. The first-order valence-electron chi connectivity index (χ1n) is 11.8. The minimum absolute atomic E-state index is 0.0130. The number of carbonyl (C=O) groups is 1. The van der Waals surface area contributed by atoms with Crippen LogP contribution in [0.5, 0.6) is 0 Å². The van der Waals surface area contributed by atoms with Crippen molar-refractivity contribution in [3.63, 3.8) is 0 Å². The van der Waals surface area contributed by atoms with Gasteiger partial charge in [0.05, 0.1) is 11.2 Å². The Balaban J connectivity index is 1.28. The van der Waals surface area contributed by atoms with E-state index >= 15 is 0 Å². The minimum Gasteiger partial charge on any atom is -0.365 e. The number of fused-ring (bicyclic) bond motifs is 1. The van der Waals surface area contributed by atoms with E-state index in [-0.39, 0.29) is 17.8 Å². The van der Waals surface area contributed by atoms with Crippen LogP contribution >= 0.6 is 11.6 Å². The molecule has 1 aliphatic heterocycles. The third kappa shape index (κ3) is 5.27. The summed E-state index contributed by atoms with van der Waals surface area (Å²) in [5, 5.41) is 4.39. The number of rotatable bonds is 7. The maximum absolute atomic E-state index is 14.6. The summed E-state index contributed by atoms with van der Waals surface area (Å²) in [5.74, 6) is 0.0696. The summed E-state index contributed by atoms with van der Waals surface area (Å²) in [6, 6.07) is 11.8. The largest absolute Gasteiger partial charge is 0.365 e. The zero-order valence-corrected chi connectivity index (χ0v) is 19.9. The van der Waals surface area contributed by atoms with Crippen LogP contribution < -0.4 is 5.32 Å². The molecule has 4 heterocycles. The van der Waals surface area contributed by atoms with Gasteiger partial charge in [0.2, 0.25) is 5.91 Å². The minimum atomic E-state index is -0.539. The molecule has 0 aliphatic carbocycles. The molecule has 7 nitrogen and oxygen atoms in total. The molecule has 2 N–H and O–H groups in total. The summed E-state index contributed by atoms with van der Waals surface area (Å²) in [6.45, 7) is 1.15. The van der Waals surface area contributed by atoms with E-state index in [1.807, 2.05) is 35.2 Å². The summed E-state index contributed by atoms with van der Waals surface area (Å²) in [6.07, 6.45) is 8.51. The molecule has 3 aromatic heterocycles. The van der Waals surface area contributed by atoms with Gasteiger partial charge in [-0.2, -0.15) is 0 Å². The van der Waals surface area contributed by atoms with Gasteiger partial charge in [-0.15, -0.1) is 0 Å². The van der Waals surface area contributed by atoms with Gasteiger partial charge in [0, 0.05) is 48.9 Å². The molecule has 0 saturated carbocycles. The van der Waals surface area contributed by atoms with Crippen molar-refractivity contribution in [3.8, 4) is 11.4 Å². The first kappa shape index (κ1) is 23.2. The summed E-state index contributed by atoms with van der Waals surface area (Å²) >= 11 is 6.10. The molecular formula is C26H26ClFN6O. The number of aromatic amines is 1. The highest BCUT2D eigenvalue weighted by atomic mass is 35.5. The lowest BCUT2D eigenvalue weighted by Gasteiger charge is -2.36. The number of halogens is 2. The number of nitrogens with one attached hydrogen (secondary N) is 2. The van der Waals surface area contributed by atoms with E-state index in [9.17, 15) is 9.18 Å². The topological polar surface area (TPSA) is 86.8 Å². The fourth-order valence-corrected chi connectivity index (χ4v) is 4.74. The lowest BCUT2D eigenvalue weighted by Crippen LogP contribution is -2.47. The summed E-state index contributed by atoms with van der Waals surface area (Å²) in [7, 11) is 0. The summed E-state index contributed by atoms with van der Waals surface area (Å²) in [5.41, 5.74) is 2.49. The monoisotopic (exact) mass is 492 g/mol. The first-order chi connectivity index (χ1) is 17.1. The SMILES string of the molecule is O=C(CCc1ccccc1)N1CCCC[C@@H]1CNc1nc(-c2c[nH]c3ncc(Cl)cc23)ncc1F. The predicted octanol–water partition coefficient (Wildman–Crippen LogP) is 5.24. The zero-order valence-electron chi connectivity index (χ0n) is 19.2. The average molecular weight is 493 g/mol. The molecule has 5 rings (SSSR count). The van der Waals surface area contributed by atoms with E-state index in [0.717, 1.165) is 43.0 Å². The Kier molecular flexibility index (Phi) is 6.90. The van der Waals surface area contributed by atoms with E-state index in [0.29, 0.717) is 41.4 Å². The molecule has 1 aromatic carbocycles. The Labute approximate surface area is 207 Å². The van der Waals surface area contributed by atoms with E-state index in [2.05, 4.69) is 25.3 Å². The van der Waals surface area contributed by atoms with Crippen LogP contribution in [0.4, 0.5) is 10.2 Å². The number of hydrogen-bond donors (Lipinski definition) is 2. The van der Waals surface area contributed by atoms with E-state index in [4.69, 9.17) is 11.6 Å². The van der Waals surface area contributed by atoms with E-state index in [1.54, 1.807) is 18.5 Å². The number of piperidine rings is 1. The van der Waals surface area contributed by atoms with Crippen molar-refractivity contribution in [1.29, 1.82) is 0 Å². The van der Waals surface area contributed by atoms with Crippen molar-refractivity contribution in [3.05, 3.63) is 71.4 Å². The van der Waals surface area contributed by atoms with Crippen molar-refractivity contribution in [1.82, 2.24) is 24.8 Å². The second-order valence-electron chi connectivity index (χ2n) is 8.75. The number of H-pyrrole nitrogens is 1. The molecule has 180 valence electrons. The first-order valence-corrected chi connectivity index (χ1v) is 12.2. The Hall–Kier alpha value is -3.52. The number of hydrogen-bond acceptors (Lipinski definition) is 5. The van der Waals surface area contributed by atoms with Gasteiger partial charge in [-0.05, 0) is 37.3 Å². The number of nitrogens with zero attached hydrogens (tertiary/aromatic N) is 4. The molecule has 0 bridgehead atoms. The van der Waals surface area contributed by atoms with Crippen LogP contribution in [0.15, 0.2) is 55.0 Å². The van der Waals surface area contributed by atoms with Crippen molar-refractivity contribution in [2.75, 3.05) is 18.4 Å². The van der Waals surface area contributed by atoms with Crippen molar-refractivity contribution >= 4 is 34.4 Å². The second-order valence-corrected chi connectivity index (χ2v) is 9.18. The lowest BCUT2D eigenvalue weighted by atomic mass is 10.0. The van der Waals surface area contributed by atoms with Crippen LogP contribution in [0.3, 0.4) is 0 Å². The van der Waals surface area contributed by atoms with Crippen LogP contribution in [0, 0.1) is 5.82 Å². The fraction of sp³-hybridized carbons (Fsp3) is 0.308. The molecule has 1 fully saturated rings. The molecule has 1 saturated heterocycles. The Morgan fingerprint density at radius 2 is 2.06 bits per heavy atom. The van der Waals surface area contributed by atoms with Gasteiger partial charge in [-0.3, -0.25) is 4.79 Å². The fourth-order valence-electron chi connectivity index (χ4n) is 4.58. The van der Waals surface area contributed by atoms with Gasteiger partial charge >= 0.3 is 0 Å². The Bertz CT molecular complexity index is 1330. The number of likely N-dealkylation sites (tertiary alicyclic amines) is 1. The molecule has 1 amide bonds. The number of benzene rings is 1. The van der Waals surface area contributed by atoms with Crippen molar-refractivity contribution in [2.45, 2.75) is 38.1 Å². The molecule has 0 radical (unpaired) electrons.